The number of allylic oxidation sites excluding steroid dienone is 1. The molecule has 0 aromatic heterocycles. The summed E-state index contributed by atoms with van der Waals surface area (Å²) in [5.74, 6) is -0.0673. The molecule has 1 saturated heterocycles. The molecule has 2 atom stereocenters. The Morgan fingerprint density at radius 1 is 1.05 bits per heavy atom. The van der Waals surface area contributed by atoms with Crippen molar-refractivity contribution in [3.8, 4) is 11.5 Å². The molecule has 232 valence electrons. The van der Waals surface area contributed by atoms with Crippen molar-refractivity contribution in [1.82, 2.24) is 4.90 Å². The second-order valence-corrected chi connectivity index (χ2v) is 10.0. The molecule has 42 heavy (non-hydrogen) atoms. The molecule has 11 heteroatoms. The first-order chi connectivity index (χ1) is 20.4. The Balaban J connectivity index is 1.98. The number of carbonyl (C=O) groups is 2. The zero-order valence-corrected chi connectivity index (χ0v) is 24.9. The van der Waals surface area contributed by atoms with Crippen LogP contribution in [0.1, 0.15) is 68.8 Å². The van der Waals surface area contributed by atoms with Crippen molar-refractivity contribution in [1.29, 1.82) is 0 Å². The van der Waals surface area contributed by atoms with E-state index in [-0.39, 0.29) is 43.8 Å². The van der Waals surface area contributed by atoms with E-state index in [1.54, 1.807) is 48.3 Å². The van der Waals surface area contributed by atoms with Crippen LogP contribution in [0.3, 0.4) is 0 Å². The van der Waals surface area contributed by atoms with E-state index < -0.39 is 18.2 Å². The van der Waals surface area contributed by atoms with Crippen LogP contribution in [0.5, 0.6) is 11.5 Å². The van der Waals surface area contributed by atoms with Crippen molar-refractivity contribution in [3.63, 3.8) is 0 Å². The number of aliphatic hydroxyl groups is 1. The molecule has 0 saturated carbocycles. The molecule has 2 aliphatic rings. The molecular weight excluding hydrogens is 544 g/mol. The van der Waals surface area contributed by atoms with E-state index in [9.17, 15) is 14.7 Å². The Morgan fingerprint density at radius 3 is 2.52 bits per heavy atom. The van der Waals surface area contributed by atoms with Crippen molar-refractivity contribution < 1.29 is 43.2 Å². The fraction of sp³-hybridized carbons (Fsp3) is 0.581. The maximum atomic E-state index is 13.5. The van der Waals surface area contributed by atoms with Crippen LogP contribution < -0.4 is 9.47 Å². The summed E-state index contributed by atoms with van der Waals surface area (Å²) >= 11 is 0. The maximum absolute atomic E-state index is 13.5. The van der Waals surface area contributed by atoms with Crippen molar-refractivity contribution in [3.05, 3.63) is 47.6 Å². The average molecular weight is 589 g/mol. The van der Waals surface area contributed by atoms with Crippen LogP contribution in [-0.2, 0) is 30.3 Å². The fourth-order valence-corrected chi connectivity index (χ4v) is 4.46. The molecule has 0 aliphatic carbocycles. The van der Waals surface area contributed by atoms with Crippen LogP contribution in [-0.4, -0.2) is 86.3 Å². The number of cyclic esters (lactones) is 1. The second kappa shape index (κ2) is 18.2. The molecule has 0 radical (unpaired) electrons. The van der Waals surface area contributed by atoms with Gasteiger partial charge in [0.25, 0.3) is 5.91 Å². The lowest BCUT2D eigenvalue weighted by Crippen LogP contribution is -2.37. The summed E-state index contributed by atoms with van der Waals surface area (Å²) in [7, 11) is 0. The van der Waals surface area contributed by atoms with Crippen LogP contribution in [0.2, 0.25) is 0 Å². The standard InChI is InChI=1S/C31H44N2O9/c1-4-37-21-39-27-18-24-17-25(32-41-20-29(35)33-15-7-6-8-16-33)12-10-14-26(34)13-9-11-23(3)42-31(36)30(24)28(19-27)40-22-38-5-2/h9-10,12-13,18-19,23,26,34H,4-8,11,14-17,20-22H2,1-3H3/b12-10+,13-9+,32-25-/t23-,26+/m1/s1. The first-order valence-corrected chi connectivity index (χ1v) is 14.7. The highest BCUT2D eigenvalue weighted by molar-refractivity contribution is 6.00. The van der Waals surface area contributed by atoms with Gasteiger partial charge in [-0.05, 0) is 64.2 Å². The lowest BCUT2D eigenvalue weighted by molar-refractivity contribution is -0.137. The van der Waals surface area contributed by atoms with Crippen molar-refractivity contribution >= 4 is 17.6 Å². The molecule has 1 fully saturated rings. The Hall–Kier alpha value is -3.41. The highest BCUT2D eigenvalue weighted by Gasteiger charge is 2.24. The summed E-state index contributed by atoms with van der Waals surface area (Å²) in [5.41, 5.74) is 1.14. The van der Waals surface area contributed by atoms with Gasteiger partial charge in [-0.1, -0.05) is 23.4 Å². The van der Waals surface area contributed by atoms with E-state index in [1.807, 2.05) is 13.8 Å². The third-order valence-corrected chi connectivity index (χ3v) is 6.65. The first kappa shape index (κ1) is 33.1. The zero-order valence-electron chi connectivity index (χ0n) is 24.9. The number of piperidine rings is 1. The third-order valence-electron chi connectivity index (χ3n) is 6.65. The highest BCUT2D eigenvalue weighted by Crippen LogP contribution is 2.32. The van der Waals surface area contributed by atoms with Gasteiger partial charge in [-0.2, -0.15) is 0 Å². The van der Waals surface area contributed by atoms with Gasteiger partial charge in [-0.3, -0.25) is 4.79 Å². The van der Waals surface area contributed by atoms with E-state index in [0.717, 1.165) is 19.3 Å². The summed E-state index contributed by atoms with van der Waals surface area (Å²) in [6, 6.07) is 3.30. The molecule has 3 rings (SSSR count). The Kier molecular flexibility index (Phi) is 14.3. The highest BCUT2D eigenvalue weighted by atomic mass is 16.7. The number of fused-ring (bicyclic) bond motifs is 1. The van der Waals surface area contributed by atoms with Crippen LogP contribution in [0.4, 0.5) is 0 Å². The molecule has 1 N–H and O–H groups in total. The summed E-state index contributed by atoms with van der Waals surface area (Å²) in [4.78, 5) is 33.5. The number of aliphatic hydroxyl groups excluding tert-OH is 1. The maximum Gasteiger partial charge on any atom is 0.342 e. The molecule has 2 aliphatic heterocycles. The normalized spacial score (nSPS) is 22.4. The lowest BCUT2D eigenvalue weighted by Gasteiger charge is -2.26. The summed E-state index contributed by atoms with van der Waals surface area (Å²) < 4.78 is 28.1. The predicted octanol–water partition coefficient (Wildman–Crippen LogP) is 4.17. The molecule has 2 heterocycles. The SMILES string of the molecule is CCOCOc1cc2c(c(OCOCC)c1)C(=O)O[C@H](C)C/C=C/[C@H](O)C/C=C/C(=N/OCC(=O)N1CCCCC1)C2. The number of rotatable bonds is 11. The number of oxime groups is 1. The van der Waals surface area contributed by atoms with Crippen molar-refractivity contribution in [2.24, 2.45) is 5.16 Å². The first-order valence-electron chi connectivity index (χ1n) is 14.7. The van der Waals surface area contributed by atoms with Gasteiger partial charge in [0.1, 0.15) is 23.2 Å². The molecule has 0 spiro atoms. The summed E-state index contributed by atoms with van der Waals surface area (Å²) in [6.07, 6.45) is 9.71. The van der Waals surface area contributed by atoms with E-state index >= 15 is 0 Å². The molecule has 0 unspecified atom stereocenters. The van der Waals surface area contributed by atoms with E-state index in [4.69, 9.17) is 28.5 Å². The molecule has 1 amide bonds. The van der Waals surface area contributed by atoms with E-state index in [2.05, 4.69) is 5.16 Å². The minimum absolute atomic E-state index is 0.00840. The molecule has 0 bridgehead atoms. The van der Waals surface area contributed by atoms with Gasteiger partial charge in [-0.25, -0.2) is 4.79 Å². The predicted molar refractivity (Wildman–Crippen MR) is 157 cm³/mol. The topological polar surface area (TPSA) is 125 Å². The monoisotopic (exact) mass is 588 g/mol. The molecule has 1 aromatic rings. The number of esters is 1. The molecular formula is C31H44N2O9. The second-order valence-electron chi connectivity index (χ2n) is 10.0. The van der Waals surface area contributed by atoms with E-state index in [0.29, 0.717) is 56.2 Å². The number of nitrogens with zero attached hydrogens (tertiary/aromatic N) is 2. The Bertz CT molecular complexity index is 1100. The van der Waals surface area contributed by atoms with Crippen LogP contribution in [0.15, 0.2) is 41.6 Å². The quantitative estimate of drug-likeness (QED) is 0.133. The Labute approximate surface area is 248 Å². The number of hydrogen-bond acceptors (Lipinski definition) is 10. The summed E-state index contributed by atoms with van der Waals surface area (Å²) in [6.45, 7) is 7.54. The van der Waals surface area contributed by atoms with Gasteiger partial charge >= 0.3 is 5.97 Å². The van der Waals surface area contributed by atoms with Gasteiger partial charge in [0.05, 0.1) is 11.8 Å². The minimum atomic E-state index is -0.723. The van der Waals surface area contributed by atoms with Gasteiger partial charge in [0.15, 0.2) is 20.2 Å². The van der Waals surface area contributed by atoms with Crippen molar-refractivity contribution in [2.45, 2.75) is 71.5 Å². The fourth-order valence-electron chi connectivity index (χ4n) is 4.46. The van der Waals surface area contributed by atoms with Crippen molar-refractivity contribution in [2.75, 3.05) is 46.5 Å². The van der Waals surface area contributed by atoms with Crippen LogP contribution in [0.25, 0.3) is 0 Å². The van der Waals surface area contributed by atoms with Crippen LogP contribution >= 0.6 is 0 Å². The minimum Gasteiger partial charge on any atom is -0.467 e. The zero-order chi connectivity index (χ0) is 30.2. The molecule has 1 aromatic carbocycles. The van der Waals surface area contributed by atoms with Crippen LogP contribution in [0, 0.1) is 0 Å². The number of amides is 1. The number of hydrogen-bond donors (Lipinski definition) is 1. The largest absolute Gasteiger partial charge is 0.467 e. The summed E-state index contributed by atoms with van der Waals surface area (Å²) in [5, 5.41) is 14.6. The number of carbonyl (C=O) groups excluding carboxylic acids is 2. The van der Waals surface area contributed by atoms with E-state index in [1.165, 1.54) is 0 Å². The van der Waals surface area contributed by atoms with Gasteiger partial charge in [-0.15, -0.1) is 0 Å². The number of likely N-dealkylation sites (tertiary alicyclic amines) is 1. The number of benzene rings is 1. The number of ether oxygens (including phenoxy) is 5. The molecule has 11 nitrogen and oxygen atoms in total. The average Bonchev–Trinajstić information content (AvgIpc) is 2.97. The smallest absolute Gasteiger partial charge is 0.342 e. The van der Waals surface area contributed by atoms with Gasteiger partial charge in [0.2, 0.25) is 0 Å². The Morgan fingerprint density at radius 2 is 1.79 bits per heavy atom. The van der Waals surface area contributed by atoms with Gasteiger partial charge < -0.3 is 38.5 Å². The van der Waals surface area contributed by atoms with Gasteiger partial charge in [0, 0.05) is 45.2 Å². The lowest BCUT2D eigenvalue weighted by atomic mass is 9.99. The third kappa shape index (κ3) is 11.1.